The van der Waals surface area contributed by atoms with Crippen molar-refractivity contribution in [2.24, 2.45) is 0 Å². The van der Waals surface area contributed by atoms with E-state index in [0.29, 0.717) is 22.8 Å². The molecule has 20 heavy (non-hydrogen) atoms. The molecule has 4 heteroatoms. The maximum absolute atomic E-state index is 12.4. The van der Waals surface area contributed by atoms with Crippen molar-refractivity contribution in [3.63, 3.8) is 0 Å². The normalized spacial score (nSPS) is 10.3. The molecule has 0 spiro atoms. The summed E-state index contributed by atoms with van der Waals surface area (Å²) in [5.74, 6) is -0.110. The molecule has 2 rings (SSSR count). The van der Waals surface area contributed by atoms with Crippen molar-refractivity contribution in [3.8, 4) is 0 Å². The first-order valence-electron chi connectivity index (χ1n) is 6.33. The zero-order valence-corrected chi connectivity index (χ0v) is 12.3. The molecule has 104 valence electrons. The van der Waals surface area contributed by atoms with Crippen LogP contribution in [0.25, 0.3) is 0 Å². The van der Waals surface area contributed by atoms with E-state index in [1.165, 1.54) is 5.56 Å². The molecule has 2 aromatic rings. The SMILES string of the molecule is Cc1cccc(CN(C)C(=O)c2ccc(Cl)cc2N)c1. The van der Waals surface area contributed by atoms with Gasteiger partial charge in [-0.15, -0.1) is 0 Å². The van der Waals surface area contributed by atoms with Crippen molar-refractivity contribution >= 4 is 23.2 Å². The summed E-state index contributed by atoms with van der Waals surface area (Å²) in [6, 6.07) is 13.0. The third-order valence-electron chi connectivity index (χ3n) is 3.09. The molecule has 0 aliphatic carbocycles. The largest absolute Gasteiger partial charge is 0.398 e. The van der Waals surface area contributed by atoms with E-state index < -0.39 is 0 Å². The molecule has 0 atom stereocenters. The summed E-state index contributed by atoms with van der Waals surface area (Å²) >= 11 is 5.84. The van der Waals surface area contributed by atoms with E-state index in [9.17, 15) is 4.79 Å². The maximum Gasteiger partial charge on any atom is 0.255 e. The molecule has 0 unspecified atom stereocenters. The van der Waals surface area contributed by atoms with Crippen molar-refractivity contribution in [2.75, 3.05) is 12.8 Å². The van der Waals surface area contributed by atoms with Crippen molar-refractivity contribution in [3.05, 3.63) is 64.2 Å². The first-order valence-corrected chi connectivity index (χ1v) is 6.71. The molecular formula is C16H17ClN2O. The second-order valence-electron chi connectivity index (χ2n) is 4.88. The van der Waals surface area contributed by atoms with E-state index >= 15 is 0 Å². The summed E-state index contributed by atoms with van der Waals surface area (Å²) < 4.78 is 0. The monoisotopic (exact) mass is 288 g/mol. The molecule has 0 bridgehead atoms. The van der Waals surface area contributed by atoms with E-state index in [0.717, 1.165) is 5.56 Å². The van der Waals surface area contributed by atoms with Gasteiger partial charge in [0, 0.05) is 24.3 Å². The number of anilines is 1. The lowest BCUT2D eigenvalue weighted by molar-refractivity contribution is 0.0786. The number of halogens is 1. The minimum Gasteiger partial charge on any atom is -0.398 e. The predicted molar refractivity (Wildman–Crippen MR) is 82.8 cm³/mol. The molecular weight excluding hydrogens is 272 g/mol. The van der Waals surface area contributed by atoms with Crippen LogP contribution in [0, 0.1) is 6.92 Å². The Labute approximate surface area is 124 Å². The van der Waals surface area contributed by atoms with Crippen LogP contribution in [0.4, 0.5) is 5.69 Å². The summed E-state index contributed by atoms with van der Waals surface area (Å²) in [5.41, 5.74) is 8.99. The fourth-order valence-electron chi connectivity index (χ4n) is 2.09. The van der Waals surface area contributed by atoms with Crippen molar-refractivity contribution in [1.82, 2.24) is 4.90 Å². The molecule has 2 aromatic carbocycles. The summed E-state index contributed by atoms with van der Waals surface area (Å²) in [4.78, 5) is 14.0. The average Bonchev–Trinajstić information content (AvgIpc) is 2.38. The van der Waals surface area contributed by atoms with Gasteiger partial charge >= 0.3 is 0 Å². The minimum atomic E-state index is -0.110. The highest BCUT2D eigenvalue weighted by Crippen LogP contribution is 2.20. The summed E-state index contributed by atoms with van der Waals surface area (Å²) in [7, 11) is 1.76. The molecule has 0 heterocycles. The Morgan fingerprint density at radius 3 is 2.65 bits per heavy atom. The van der Waals surface area contributed by atoms with Crippen LogP contribution >= 0.6 is 11.6 Å². The van der Waals surface area contributed by atoms with Gasteiger partial charge in [-0.3, -0.25) is 4.79 Å². The van der Waals surface area contributed by atoms with Gasteiger partial charge in [0.1, 0.15) is 0 Å². The molecule has 0 aliphatic heterocycles. The zero-order valence-electron chi connectivity index (χ0n) is 11.6. The topological polar surface area (TPSA) is 46.3 Å². The Hall–Kier alpha value is -2.00. The number of aryl methyl sites for hydroxylation is 1. The highest BCUT2D eigenvalue weighted by Gasteiger charge is 2.15. The number of nitrogen functional groups attached to an aromatic ring is 1. The number of nitrogens with zero attached hydrogens (tertiary/aromatic N) is 1. The van der Waals surface area contributed by atoms with E-state index in [1.807, 2.05) is 25.1 Å². The van der Waals surface area contributed by atoms with Crippen LogP contribution in [0.2, 0.25) is 5.02 Å². The average molecular weight is 289 g/mol. The number of rotatable bonds is 3. The Balaban J connectivity index is 2.16. The quantitative estimate of drug-likeness (QED) is 0.879. The first kappa shape index (κ1) is 14.4. The molecule has 3 nitrogen and oxygen atoms in total. The van der Waals surface area contributed by atoms with Gasteiger partial charge in [0.05, 0.1) is 5.56 Å². The number of nitrogens with two attached hydrogens (primary N) is 1. The molecule has 1 amide bonds. The summed E-state index contributed by atoms with van der Waals surface area (Å²) in [6.07, 6.45) is 0. The summed E-state index contributed by atoms with van der Waals surface area (Å²) in [6.45, 7) is 2.57. The van der Waals surface area contributed by atoms with E-state index in [4.69, 9.17) is 17.3 Å². The van der Waals surface area contributed by atoms with Crippen LogP contribution < -0.4 is 5.73 Å². The lowest BCUT2D eigenvalue weighted by Gasteiger charge is -2.18. The van der Waals surface area contributed by atoms with Crippen molar-refractivity contribution < 1.29 is 4.79 Å². The first-order chi connectivity index (χ1) is 9.47. The second kappa shape index (κ2) is 5.97. The molecule has 0 saturated heterocycles. The van der Waals surface area contributed by atoms with Crippen molar-refractivity contribution in [1.29, 1.82) is 0 Å². The third kappa shape index (κ3) is 3.31. The predicted octanol–water partition coefficient (Wildman–Crippen LogP) is 3.50. The Morgan fingerprint density at radius 2 is 2.00 bits per heavy atom. The van der Waals surface area contributed by atoms with E-state index in [1.54, 1.807) is 30.1 Å². The van der Waals surface area contributed by atoms with Crippen LogP contribution in [-0.4, -0.2) is 17.9 Å². The number of hydrogen-bond donors (Lipinski definition) is 1. The van der Waals surface area contributed by atoms with Crippen LogP contribution in [0.15, 0.2) is 42.5 Å². The van der Waals surface area contributed by atoms with Gasteiger partial charge < -0.3 is 10.6 Å². The van der Waals surface area contributed by atoms with Gasteiger partial charge in [-0.1, -0.05) is 41.4 Å². The second-order valence-corrected chi connectivity index (χ2v) is 5.32. The fraction of sp³-hybridized carbons (Fsp3) is 0.188. The standard InChI is InChI=1S/C16H17ClN2O/c1-11-4-3-5-12(8-11)10-19(2)16(20)14-7-6-13(17)9-15(14)18/h3-9H,10,18H2,1-2H3. The highest BCUT2D eigenvalue weighted by molar-refractivity contribution is 6.31. The number of carbonyl (C=O) groups excluding carboxylic acids is 1. The maximum atomic E-state index is 12.4. The van der Waals surface area contributed by atoms with Crippen LogP contribution in [0.5, 0.6) is 0 Å². The Bertz CT molecular complexity index is 640. The Kier molecular flexibility index (Phi) is 4.30. The van der Waals surface area contributed by atoms with Gasteiger partial charge in [-0.2, -0.15) is 0 Å². The number of amides is 1. The molecule has 0 radical (unpaired) electrons. The molecule has 0 fully saturated rings. The highest BCUT2D eigenvalue weighted by atomic mass is 35.5. The van der Waals surface area contributed by atoms with Gasteiger partial charge in [-0.05, 0) is 30.7 Å². The smallest absolute Gasteiger partial charge is 0.255 e. The van der Waals surface area contributed by atoms with E-state index in [-0.39, 0.29) is 5.91 Å². The molecule has 0 saturated carbocycles. The summed E-state index contributed by atoms with van der Waals surface area (Å²) in [5, 5.41) is 0.528. The number of hydrogen-bond acceptors (Lipinski definition) is 2. The Morgan fingerprint density at radius 1 is 1.25 bits per heavy atom. The van der Waals surface area contributed by atoms with Gasteiger partial charge in [0.25, 0.3) is 5.91 Å². The lowest BCUT2D eigenvalue weighted by atomic mass is 10.1. The van der Waals surface area contributed by atoms with Crippen LogP contribution in [0.3, 0.4) is 0 Å². The molecule has 0 aliphatic rings. The van der Waals surface area contributed by atoms with E-state index in [2.05, 4.69) is 6.07 Å². The van der Waals surface area contributed by atoms with Crippen LogP contribution in [-0.2, 0) is 6.54 Å². The molecule has 2 N–H and O–H groups in total. The third-order valence-corrected chi connectivity index (χ3v) is 3.33. The van der Waals surface area contributed by atoms with Gasteiger partial charge in [0.2, 0.25) is 0 Å². The number of carbonyl (C=O) groups is 1. The minimum absolute atomic E-state index is 0.110. The zero-order chi connectivity index (χ0) is 14.7. The number of benzene rings is 2. The van der Waals surface area contributed by atoms with Gasteiger partial charge in [-0.25, -0.2) is 0 Å². The van der Waals surface area contributed by atoms with Crippen molar-refractivity contribution in [2.45, 2.75) is 13.5 Å². The van der Waals surface area contributed by atoms with Crippen LogP contribution in [0.1, 0.15) is 21.5 Å². The fourth-order valence-corrected chi connectivity index (χ4v) is 2.27. The van der Waals surface area contributed by atoms with Gasteiger partial charge in [0.15, 0.2) is 0 Å². The molecule has 0 aromatic heterocycles. The lowest BCUT2D eigenvalue weighted by Crippen LogP contribution is -2.27.